The molecule has 29 heavy (non-hydrogen) atoms. The van der Waals surface area contributed by atoms with Crippen LogP contribution in [0.4, 0.5) is 17.6 Å². The maximum Gasteiger partial charge on any atom is 0.422 e. The summed E-state index contributed by atoms with van der Waals surface area (Å²) in [4.78, 5) is 0. The van der Waals surface area contributed by atoms with Gasteiger partial charge in [0.1, 0.15) is 17.1 Å². The molecular formula is C23H26F4O2. The molecule has 1 aliphatic rings. The van der Waals surface area contributed by atoms with E-state index in [4.69, 9.17) is 9.47 Å². The molecule has 3 rings (SSSR count). The first kappa shape index (κ1) is 21.6. The fraction of sp³-hybridized carbons (Fsp3) is 0.478. The van der Waals surface area contributed by atoms with E-state index in [0.717, 1.165) is 18.4 Å². The highest BCUT2D eigenvalue weighted by Gasteiger charge is 2.39. The zero-order chi connectivity index (χ0) is 21.0. The van der Waals surface area contributed by atoms with Crippen molar-refractivity contribution in [3.63, 3.8) is 0 Å². The van der Waals surface area contributed by atoms with E-state index in [1.165, 1.54) is 17.7 Å². The fourth-order valence-electron chi connectivity index (χ4n) is 3.72. The maximum atomic E-state index is 14.6. The van der Waals surface area contributed by atoms with E-state index in [-0.39, 0.29) is 18.6 Å². The van der Waals surface area contributed by atoms with Crippen LogP contribution in [0.3, 0.4) is 0 Å². The average molecular weight is 410 g/mol. The van der Waals surface area contributed by atoms with Crippen LogP contribution in [0.2, 0.25) is 0 Å². The molecular weight excluding hydrogens is 384 g/mol. The number of alkyl halides is 3. The first-order valence-corrected chi connectivity index (χ1v) is 10.0. The Bertz CT molecular complexity index is 807. The molecule has 0 spiro atoms. The van der Waals surface area contributed by atoms with E-state index < -0.39 is 23.3 Å². The molecule has 1 heterocycles. The second-order valence-electron chi connectivity index (χ2n) is 7.50. The lowest BCUT2D eigenvalue weighted by Gasteiger charge is -2.27. The Labute approximate surface area is 168 Å². The molecule has 158 valence electrons. The molecule has 2 atom stereocenters. The summed E-state index contributed by atoms with van der Waals surface area (Å²) in [6, 6.07) is 10.6. The number of benzene rings is 2. The van der Waals surface area contributed by atoms with E-state index in [1.54, 1.807) is 6.92 Å². The minimum absolute atomic E-state index is 0.0408. The number of ether oxygens (including phenoxy) is 2. The number of hydrogen-bond donors (Lipinski definition) is 0. The van der Waals surface area contributed by atoms with Gasteiger partial charge in [-0.25, -0.2) is 4.39 Å². The highest BCUT2D eigenvalue weighted by Crippen LogP contribution is 2.39. The molecule has 2 aromatic rings. The van der Waals surface area contributed by atoms with Gasteiger partial charge in [-0.2, -0.15) is 13.2 Å². The van der Waals surface area contributed by atoms with Gasteiger partial charge in [-0.15, -0.1) is 0 Å². The van der Waals surface area contributed by atoms with Crippen molar-refractivity contribution >= 4 is 0 Å². The summed E-state index contributed by atoms with van der Waals surface area (Å²) in [6.07, 6.45) is -1.74. The third-order valence-corrected chi connectivity index (χ3v) is 5.40. The highest BCUT2D eigenvalue weighted by molar-refractivity contribution is 5.41. The van der Waals surface area contributed by atoms with Gasteiger partial charge in [-0.1, -0.05) is 30.3 Å². The van der Waals surface area contributed by atoms with E-state index in [2.05, 4.69) is 6.92 Å². The second kappa shape index (κ2) is 9.16. The number of hydrogen-bond acceptors (Lipinski definition) is 2. The third kappa shape index (κ3) is 5.30. The summed E-state index contributed by atoms with van der Waals surface area (Å²) in [5.41, 5.74) is 0.881. The van der Waals surface area contributed by atoms with Gasteiger partial charge >= 0.3 is 6.18 Å². The Morgan fingerprint density at radius 1 is 1.03 bits per heavy atom. The maximum absolute atomic E-state index is 14.6. The molecule has 2 aromatic carbocycles. The lowest BCUT2D eigenvalue weighted by atomic mass is 9.90. The van der Waals surface area contributed by atoms with Crippen molar-refractivity contribution in [2.75, 3.05) is 13.2 Å². The zero-order valence-corrected chi connectivity index (χ0v) is 16.7. The molecule has 0 bridgehead atoms. The molecule has 1 fully saturated rings. The zero-order valence-electron chi connectivity index (χ0n) is 16.7. The van der Waals surface area contributed by atoms with Gasteiger partial charge in [-0.3, -0.25) is 0 Å². The Balaban J connectivity index is 1.69. The molecule has 0 amide bonds. The van der Waals surface area contributed by atoms with Crippen molar-refractivity contribution in [3.05, 3.63) is 64.5 Å². The largest absolute Gasteiger partial charge is 0.493 e. The van der Waals surface area contributed by atoms with Crippen LogP contribution in [0.15, 0.2) is 36.4 Å². The van der Waals surface area contributed by atoms with Crippen molar-refractivity contribution in [3.8, 4) is 5.75 Å². The van der Waals surface area contributed by atoms with Gasteiger partial charge in [0, 0.05) is 5.92 Å². The molecule has 0 saturated carbocycles. The normalized spacial score (nSPS) is 19.9. The Morgan fingerprint density at radius 3 is 2.34 bits per heavy atom. The predicted octanol–water partition coefficient (Wildman–Crippen LogP) is 6.31. The number of aryl methyl sites for hydroxylation is 2. The second-order valence-corrected chi connectivity index (χ2v) is 7.50. The van der Waals surface area contributed by atoms with Crippen molar-refractivity contribution in [2.24, 2.45) is 0 Å². The van der Waals surface area contributed by atoms with Gasteiger partial charge in [0.05, 0.1) is 19.3 Å². The third-order valence-electron chi connectivity index (χ3n) is 5.40. The Hall–Kier alpha value is -2.08. The molecule has 6 heteroatoms. The molecule has 2 unspecified atom stereocenters. The van der Waals surface area contributed by atoms with Crippen LogP contribution >= 0.6 is 0 Å². The number of halogens is 4. The van der Waals surface area contributed by atoms with E-state index in [9.17, 15) is 17.6 Å². The number of rotatable bonds is 6. The lowest BCUT2D eigenvalue weighted by molar-refractivity contribution is -0.141. The van der Waals surface area contributed by atoms with Crippen LogP contribution < -0.4 is 4.74 Å². The van der Waals surface area contributed by atoms with Crippen LogP contribution in [0, 0.1) is 5.82 Å². The van der Waals surface area contributed by atoms with Gasteiger partial charge in [0.2, 0.25) is 0 Å². The van der Waals surface area contributed by atoms with E-state index in [0.29, 0.717) is 25.0 Å². The Kier molecular flexibility index (Phi) is 6.83. The molecule has 1 aliphatic heterocycles. The molecule has 0 N–H and O–H groups in total. The van der Waals surface area contributed by atoms with Gasteiger partial charge in [0.25, 0.3) is 0 Å². The van der Waals surface area contributed by atoms with Crippen LogP contribution in [0.5, 0.6) is 5.75 Å². The molecule has 1 saturated heterocycles. The minimum Gasteiger partial charge on any atom is -0.493 e. The van der Waals surface area contributed by atoms with Crippen LogP contribution in [-0.2, 0) is 23.8 Å². The molecule has 0 radical (unpaired) electrons. The molecule has 0 aliphatic carbocycles. The smallest absolute Gasteiger partial charge is 0.422 e. The first-order valence-electron chi connectivity index (χ1n) is 10.0. The SMILES string of the molecule is CCOc1ccc(CCc2ccc(C3CCC(C)OC3)cc2)c(F)c1C(F)(F)F. The fourth-order valence-corrected chi connectivity index (χ4v) is 3.72. The van der Waals surface area contributed by atoms with Crippen LogP contribution in [-0.4, -0.2) is 19.3 Å². The van der Waals surface area contributed by atoms with Crippen molar-refractivity contribution in [2.45, 2.75) is 57.7 Å². The summed E-state index contributed by atoms with van der Waals surface area (Å²) < 4.78 is 65.1. The minimum atomic E-state index is -4.80. The van der Waals surface area contributed by atoms with Gasteiger partial charge < -0.3 is 9.47 Å². The van der Waals surface area contributed by atoms with Crippen molar-refractivity contribution in [1.29, 1.82) is 0 Å². The van der Waals surface area contributed by atoms with E-state index >= 15 is 0 Å². The summed E-state index contributed by atoms with van der Waals surface area (Å²) in [7, 11) is 0. The quantitative estimate of drug-likeness (QED) is 0.520. The van der Waals surface area contributed by atoms with E-state index in [1.807, 2.05) is 24.3 Å². The standard InChI is InChI=1S/C23H26F4O2/c1-3-28-20-13-12-18(22(24)21(20)23(25,26)27)11-7-16-5-9-17(10-6-16)19-8-4-15(2)29-14-19/h5-6,9-10,12-13,15,19H,3-4,7-8,11,14H2,1-2H3. The van der Waals surface area contributed by atoms with Gasteiger partial charge in [-0.05, 0) is 62.3 Å². The Morgan fingerprint density at radius 2 is 1.76 bits per heavy atom. The monoisotopic (exact) mass is 410 g/mol. The summed E-state index contributed by atoms with van der Waals surface area (Å²) in [6.45, 7) is 4.39. The summed E-state index contributed by atoms with van der Waals surface area (Å²) in [5.74, 6) is -1.33. The van der Waals surface area contributed by atoms with Crippen LogP contribution in [0.25, 0.3) is 0 Å². The predicted molar refractivity (Wildman–Crippen MR) is 104 cm³/mol. The average Bonchev–Trinajstić information content (AvgIpc) is 2.68. The van der Waals surface area contributed by atoms with Crippen LogP contribution in [0.1, 0.15) is 54.9 Å². The first-order chi connectivity index (χ1) is 13.8. The van der Waals surface area contributed by atoms with Gasteiger partial charge in [0.15, 0.2) is 0 Å². The topological polar surface area (TPSA) is 18.5 Å². The molecule has 2 nitrogen and oxygen atoms in total. The summed E-state index contributed by atoms with van der Waals surface area (Å²) >= 11 is 0. The van der Waals surface area contributed by atoms with Crippen molar-refractivity contribution in [1.82, 2.24) is 0 Å². The highest BCUT2D eigenvalue weighted by atomic mass is 19.4. The lowest BCUT2D eigenvalue weighted by Crippen LogP contribution is -2.22. The molecule has 0 aromatic heterocycles. The summed E-state index contributed by atoms with van der Waals surface area (Å²) in [5, 5.41) is 0. The van der Waals surface area contributed by atoms with Crippen molar-refractivity contribution < 1.29 is 27.0 Å².